The minimum Gasteiger partial charge on any atom is -0.496 e. The predicted molar refractivity (Wildman–Crippen MR) is 82.4 cm³/mol. The monoisotopic (exact) mass is 321 g/mol. The van der Waals surface area contributed by atoms with Gasteiger partial charge in [-0.1, -0.05) is 12.1 Å². The number of fused-ring (bicyclic) bond motifs is 1. The van der Waals surface area contributed by atoms with Gasteiger partial charge in [0.05, 0.1) is 17.7 Å². The summed E-state index contributed by atoms with van der Waals surface area (Å²) in [5.41, 5.74) is 1.60. The van der Waals surface area contributed by atoms with Crippen LogP contribution in [0, 0.1) is 12.7 Å². The van der Waals surface area contributed by atoms with Crippen molar-refractivity contribution in [2.24, 2.45) is 0 Å². The Hall–Kier alpha value is -2.08. The molecule has 0 fully saturated rings. The Morgan fingerprint density at radius 3 is 2.68 bits per heavy atom. The summed E-state index contributed by atoms with van der Waals surface area (Å²) in [6.45, 7) is 2.03. The van der Waals surface area contributed by atoms with E-state index >= 15 is 0 Å². The zero-order chi connectivity index (χ0) is 15.9. The van der Waals surface area contributed by atoms with Gasteiger partial charge in [0.15, 0.2) is 0 Å². The third kappa shape index (κ3) is 2.23. The van der Waals surface area contributed by atoms with E-state index < -0.39 is 15.8 Å². The molecule has 0 aliphatic carbocycles. The summed E-state index contributed by atoms with van der Waals surface area (Å²) in [4.78, 5) is 0.141. The molecule has 0 atom stereocenters. The Morgan fingerprint density at radius 1 is 1.23 bits per heavy atom. The summed E-state index contributed by atoms with van der Waals surface area (Å²) < 4.78 is 46.0. The molecule has 0 saturated carbocycles. The van der Waals surface area contributed by atoms with Crippen LogP contribution in [0.2, 0.25) is 0 Å². The molecule has 2 aromatic rings. The smallest absolute Gasteiger partial charge is 0.264 e. The van der Waals surface area contributed by atoms with Gasteiger partial charge in [0.25, 0.3) is 10.0 Å². The van der Waals surface area contributed by atoms with E-state index in [1.165, 1.54) is 19.2 Å². The summed E-state index contributed by atoms with van der Waals surface area (Å²) >= 11 is 0. The maximum atomic E-state index is 14.1. The van der Waals surface area contributed by atoms with E-state index in [9.17, 15) is 12.8 Å². The molecule has 116 valence electrons. The van der Waals surface area contributed by atoms with Crippen molar-refractivity contribution in [2.45, 2.75) is 18.2 Å². The molecule has 1 heterocycles. The maximum Gasteiger partial charge on any atom is 0.264 e. The van der Waals surface area contributed by atoms with Crippen molar-refractivity contribution in [3.8, 4) is 5.75 Å². The van der Waals surface area contributed by atoms with Crippen LogP contribution in [0.25, 0.3) is 0 Å². The molecule has 1 aliphatic rings. The van der Waals surface area contributed by atoms with Crippen LogP contribution in [-0.4, -0.2) is 22.1 Å². The highest BCUT2D eigenvalue weighted by Gasteiger charge is 2.33. The molecule has 0 unspecified atom stereocenters. The molecule has 4 nitrogen and oxygen atoms in total. The Balaban J connectivity index is 2.08. The largest absolute Gasteiger partial charge is 0.496 e. The van der Waals surface area contributed by atoms with E-state index in [1.807, 2.05) is 0 Å². The first kappa shape index (κ1) is 14.8. The van der Waals surface area contributed by atoms with Crippen molar-refractivity contribution in [3.05, 3.63) is 53.3 Å². The number of sulfonamides is 1. The van der Waals surface area contributed by atoms with Crippen LogP contribution in [0.15, 0.2) is 41.3 Å². The summed E-state index contributed by atoms with van der Waals surface area (Å²) in [7, 11) is -2.25. The second-order valence-electron chi connectivity index (χ2n) is 5.21. The van der Waals surface area contributed by atoms with Crippen LogP contribution in [0.1, 0.15) is 11.1 Å². The van der Waals surface area contributed by atoms with Gasteiger partial charge >= 0.3 is 0 Å². The number of para-hydroxylation sites is 1. The number of rotatable bonds is 3. The fraction of sp³-hybridized carbons (Fsp3) is 0.250. The van der Waals surface area contributed by atoms with Crippen LogP contribution >= 0.6 is 0 Å². The fourth-order valence-corrected chi connectivity index (χ4v) is 4.35. The number of ether oxygens (including phenoxy) is 1. The quantitative estimate of drug-likeness (QED) is 0.873. The van der Waals surface area contributed by atoms with E-state index in [2.05, 4.69) is 0 Å². The minimum absolute atomic E-state index is 0.141. The van der Waals surface area contributed by atoms with Gasteiger partial charge in [-0.15, -0.1) is 0 Å². The third-order valence-corrected chi connectivity index (χ3v) is 5.65. The lowest BCUT2D eigenvalue weighted by Gasteiger charge is -2.20. The van der Waals surface area contributed by atoms with Crippen LogP contribution in [0.3, 0.4) is 0 Å². The van der Waals surface area contributed by atoms with Crippen molar-refractivity contribution in [2.75, 3.05) is 18.0 Å². The zero-order valence-corrected chi connectivity index (χ0v) is 13.2. The van der Waals surface area contributed by atoms with Gasteiger partial charge in [-0.25, -0.2) is 12.8 Å². The van der Waals surface area contributed by atoms with Crippen molar-refractivity contribution in [1.82, 2.24) is 0 Å². The zero-order valence-electron chi connectivity index (χ0n) is 12.3. The topological polar surface area (TPSA) is 46.6 Å². The molecule has 3 rings (SSSR count). The third-order valence-electron chi connectivity index (χ3n) is 3.86. The second-order valence-corrected chi connectivity index (χ2v) is 7.07. The number of benzene rings is 2. The van der Waals surface area contributed by atoms with Gasteiger partial charge in [0, 0.05) is 6.54 Å². The number of aryl methyl sites for hydroxylation is 1. The van der Waals surface area contributed by atoms with Gasteiger partial charge in [0.2, 0.25) is 0 Å². The van der Waals surface area contributed by atoms with Gasteiger partial charge in [0.1, 0.15) is 11.6 Å². The normalized spacial score (nSPS) is 14.0. The Labute approximate surface area is 129 Å². The van der Waals surface area contributed by atoms with Crippen molar-refractivity contribution < 1.29 is 17.5 Å². The number of hydrogen-bond donors (Lipinski definition) is 0. The van der Waals surface area contributed by atoms with E-state index in [1.54, 1.807) is 31.2 Å². The van der Waals surface area contributed by atoms with E-state index in [4.69, 9.17) is 4.74 Å². The second kappa shape index (κ2) is 5.28. The van der Waals surface area contributed by atoms with Crippen LogP contribution < -0.4 is 9.04 Å². The highest BCUT2D eigenvalue weighted by molar-refractivity contribution is 7.92. The molecular formula is C16H16FNO3S. The SMILES string of the molecule is COc1ccc(S(=O)(=O)N2CCc3cccc(F)c32)cc1C. The molecular weight excluding hydrogens is 305 g/mol. The molecule has 1 aliphatic heterocycles. The number of methoxy groups -OCH3 is 1. The molecule has 6 heteroatoms. The van der Waals surface area contributed by atoms with E-state index in [0.717, 1.165) is 9.87 Å². The summed E-state index contributed by atoms with van der Waals surface area (Å²) in [5.74, 6) is 0.107. The number of hydrogen-bond acceptors (Lipinski definition) is 3. The van der Waals surface area contributed by atoms with Gasteiger partial charge < -0.3 is 4.74 Å². The van der Waals surface area contributed by atoms with Crippen molar-refractivity contribution in [1.29, 1.82) is 0 Å². The van der Waals surface area contributed by atoms with Crippen LogP contribution in [0.5, 0.6) is 5.75 Å². The van der Waals surface area contributed by atoms with Crippen molar-refractivity contribution in [3.63, 3.8) is 0 Å². The van der Waals surface area contributed by atoms with Gasteiger partial charge in [-0.2, -0.15) is 0 Å². The van der Waals surface area contributed by atoms with E-state index in [0.29, 0.717) is 17.7 Å². The Bertz CT molecular complexity index is 833. The average Bonchev–Trinajstić information content (AvgIpc) is 2.93. The molecule has 0 aromatic heterocycles. The average molecular weight is 321 g/mol. The summed E-state index contributed by atoms with van der Waals surface area (Å²) in [6.07, 6.45) is 0.515. The summed E-state index contributed by atoms with van der Waals surface area (Å²) in [6, 6.07) is 9.29. The first-order chi connectivity index (χ1) is 10.4. The van der Waals surface area contributed by atoms with Crippen LogP contribution in [-0.2, 0) is 16.4 Å². The lowest BCUT2D eigenvalue weighted by Crippen LogP contribution is -2.29. The van der Waals surface area contributed by atoms with Crippen LogP contribution in [0.4, 0.5) is 10.1 Å². The Kier molecular flexibility index (Phi) is 3.56. The lowest BCUT2D eigenvalue weighted by molar-refractivity contribution is 0.411. The van der Waals surface area contributed by atoms with Gasteiger partial charge in [-0.3, -0.25) is 4.31 Å². The highest BCUT2D eigenvalue weighted by Crippen LogP contribution is 2.35. The number of halogens is 1. The molecule has 0 radical (unpaired) electrons. The molecule has 0 spiro atoms. The minimum atomic E-state index is -3.78. The maximum absolute atomic E-state index is 14.1. The first-order valence-electron chi connectivity index (χ1n) is 6.90. The van der Waals surface area contributed by atoms with E-state index in [-0.39, 0.29) is 17.1 Å². The molecule has 2 aromatic carbocycles. The fourth-order valence-electron chi connectivity index (χ4n) is 2.75. The number of anilines is 1. The molecule has 0 N–H and O–H groups in total. The molecule has 0 amide bonds. The molecule has 0 bridgehead atoms. The molecule has 22 heavy (non-hydrogen) atoms. The predicted octanol–water partition coefficient (Wildman–Crippen LogP) is 2.89. The Morgan fingerprint density at radius 2 is 2.00 bits per heavy atom. The summed E-state index contributed by atoms with van der Waals surface area (Å²) in [5, 5.41) is 0. The molecule has 0 saturated heterocycles. The van der Waals surface area contributed by atoms with Gasteiger partial charge in [-0.05, 0) is 48.7 Å². The number of nitrogens with zero attached hydrogens (tertiary/aromatic N) is 1. The first-order valence-corrected chi connectivity index (χ1v) is 8.34. The standard InChI is InChI=1S/C16H16FNO3S/c1-11-10-13(6-7-15(11)21-2)22(19,20)18-9-8-12-4-3-5-14(17)16(12)18/h3-7,10H,8-9H2,1-2H3. The van der Waals surface area contributed by atoms with Crippen molar-refractivity contribution >= 4 is 15.7 Å². The lowest BCUT2D eigenvalue weighted by atomic mass is 10.2. The highest BCUT2D eigenvalue weighted by atomic mass is 32.2.